The zero-order chi connectivity index (χ0) is 25.5. The molecule has 1 saturated heterocycles. The number of aryl methyl sites for hydroxylation is 2. The van der Waals surface area contributed by atoms with E-state index in [0.29, 0.717) is 0 Å². The first kappa shape index (κ1) is 27.0. The monoisotopic (exact) mass is 464 g/mol. The summed E-state index contributed by atoms with van der Waals surface area (Å²) in [5, 5.41) is 11.1. The molecule has 2 aromatic carbocycles. The lowest BCUT2D eigenvalue weighted by atomic mass is 9.67. The molecule has 0 aliphatic carbocycles. The van der Waals surface area contributed by atoms with Crippen molar-refractivity contribution in [3.05, 3.63) is 64.2 Å². The Kier molecular flexibility index (Phi) is 7.50. The molecule has 0 saturated carbocycles. The van der Waals surface area contributed by atoms with Crippen LogP contribution in [0.1, 0.15) is 109 Å². The number of hydrogen-bond donors (Lipinski definition) is 1. The Hall–Kier alpha value is -1.62. The molecule has 3 nitrogen and oxygen atoms in total. The quantitative estimate of drug-likeness (QED) is 0.441. The average molecular weight is 464 g/mol. The fourth-order valence-corrected chi connectivity index (χ4v) is 5.56. The molecule has 0 aromatic heterocycles. The predicted octanol–water partition coefficient (Wildman–Crippen LogP) is 6.72. The zero-order valence-electron chi connectivity index (χ0n) is 23.1. The minimum Gasteiger partial charge on any atom is -0.399 e. The molecule has 1 heterocycles. The molecule has 1 aliphatic rings. The molecule has 4 heteroatoms. The van der Waals surface area contributed by atoms with Crippen molar-refractivity contribution in [3.8, 4) is 0 Å². The standard InChI is InChI=1S/C30H45BO3/c1-11-29(12-2,23-15-17-25(21(5)19-23)30(32,13-3)14-4)24-16-18-26(22(6)20-24)31-33-27(7,8)28(9,10)34-31/h15-20,32H,11-14H2,1-10H3. The van der Waals surface area contributed by atoms with Crippen molar-refractivity contribution in [2.75, 3.05) is 0 Å². The molecule has 34 heavy (non-hydrogen) atoms. The third kappa shape index (κ3) is 4.38. The van der Waals surface area contributed by atoms with Gasteiger partial charge in [0.15, 0.2) is 0 Å². The van der Waals surface area contributed by atoms with Gasteiger partial charge >= 0.3 is 7.12 Å². The summed E-state index contributed by atoms with van der Waals surface area (Å²) in [7, 11) is -0.348. The molecule has 1 aliphatic heterocycles. The first-order valence-electron chi connectivity index (χ1n) is 13.1. The van der Waals surface area contributed by atoms with Crippen LogP contribution in [0, 0.1) is 13.8 Å². The van der Waals surface area contributed by atoms with Gasteiger partial charge in [-0.05, 0) is 94.9 Å². The lowest BCUT2D eigenvalue weighted by Crippen LogP contribution is -2.41. The van der Waals surface area contributed by atoms with Gasteiger partial charge in [0.2, 0.25) is 0 Å². The Labute approximate surface area is 208 Å². The van der Waals surface area contributed by atoms with Gasteiger partial charge in [-0.15, -0.1) is 0 Å². The Morgan fingerprint density at radius 2 is 1.21 bits per heavy atom. The molecule has 1 fully saturated rings. The highest BCUT2D eigenvalue weighted by Gasteiger charge is 2.52. The molecule has 0 amide bonds. The molecule has 0 spiro atoms. The van der Waals surface area contributed by atoms with Crippen LogP contribution in [0.2, 0.25) is 0 Å². The van der Waals surface area contributed by atoms with Gasteiger partial charge in [0.25, 0.3) is 0 Å². The Morgan fingerprint density at radius 1 is 0.735 bits per heavy atom. The maximum absolute atomic E-state index is 11.1. The van der Waals surface area contributed by atoms with Crippen LogP contribution in [0.3, 0.4) is 0 Å². The minimum absolute atomic E-state index is 0.0843. The largest absolute Gasteiger partial charge is 0.495 e. The molecule has 0 radical (unpaired) electrons. The third-order valence-electron chi connectivity index (χ3n) is 8.99. The summed E-state index contributed by atoms with van der Waals surface area (Å²) in [5.41, 5.74) is 5.61. The van der Waals surface area contributed by atoms with Crippen LogP contribution in [-0.4, -0.2) is 23.4 Å². The number of benzene rings is 2. The Morgan fingerprint density at radius 3 is 1.62 bits per heavy atom. The van der Waals surface area contributed by atoms with E-state index in [0.717, 1.165) is 36.7 Å². The fourth-order valence-electron chi connectivity index (χ4n) is 5.56. The van der Waals surface area contributed by atoms with Crippen LogP contribution < -0.4 is 5.46 Å². The van der Waals surface area contributed by atoms with E-state index in [1.54, 1.807) is 0 Å². The molecule has 3 rings (SSSR count). The van der Waals surface area contributed by atoms with E-state index in [4.69, 9.17) is 9.31 Å². The van der Waals surface area contributed by atoms with Crippen molar-refractivity contribution in [1.82, 2.24) is 0 Å². The molecular weight excluding hydrogens is 419 g/mol. The summed E-state index contributed by atoms with van der Waals surface area (Å²) in [5.74, 6) is 0. The van der Waals surface area contributed by atoms with Gasteiger partial charge in [0, 0.05) is 5.41 Å². The van der Waals surface area contributed by atoms with Gasteiger partial charge in [-0.1, -0.05) is 69.7 Å². The minimum atomic E-state index is -0.759. The normalized spacial score (nSPS) is 17.9. The highest BCUT2D eigenvalue weighted by Crippen LogP contribution is 2.42. The van der Waals surface area contributed by atoms with Crippen molar-refractivity contribution in [3.63, 3.8) is 0 Å². The molecule has 0 unspecified atom stereocenters. The second-order valence-electron chi connectivity index (χ2n) is 11.2. The lowest BCUT2D eigenvalue weighted by molar-refractivity contribution is 0.00578. The van der Waals surface area contributed by atoms with Gasteiger partial charge in [0.05, 0.1) is 16.8 Å². The SMILES string of the molecule is CCC(O)(CC)c1ccc(C(CC)(CC)c2ccc(B3OC(C)(C)C(C)(C)O3)c(C)c2)cc1C. The number of rotatable bonds is 8. The first-order chi connectivity index (χ1) is 15.8. The van der Waals surface area contributed by atoms with E-state index in [9.17, 15) is 5.11 Å². The fraction of sp³-hybridized carbons (Fsp3) is 0.600. The smallest absolute Gasteiger partial charge is 0.399 e. The maximum Gasteiger partial charge on any atom is 0.495 e. The molecule has 1 N–H and O–H groups in total. The average Bonchev–Trinajstić information content (AvgIpc) is 3.01. The van der Waals surface area contributed by atoms with E-state index < -0.39 is 5.60 Å². The summed E-state index contributed by atoms with van der Waals surface area (Å²) in [6.45, 7) is 21.4. The van der Waals surface area contributed by atoms with E-state index in [1.807, 2.05) is 0 Å². The van der Waals surface area contributed by atoms with E-state index in [-0.39, 0.29) is 23.7 Å². The zero-order valence-corrected chi connectivity index (χ0v) is 23.1. The van der Waals surface area contributed by atoms with Crippen molar-refractivity contribution in [2.24, 2.45) is 0 Å². The van der Waals surface area contributed by atoms with Gasteiger partial charge in [-0.3, -0.25) is 0 Å². The molecule has 186 valence electrons. The Bertz CT molecular complexity index is 1000. The van der Waals surface area contributed by atoms with Gasteiger partial charge < -0.3 is 14.4 Å². The summed E-state index contributed by atoms with van der Waals surface area (Å²) in [4.78, 5) is 0. The summed E-state index contributed by atoms with van der Waals surface area (Å²) >= 11 is 0. The van der Waals surface area contributed by atoms with E-state index in [1.165, 1.54) is 22.3 Å². The van der Waals surface area contributed by atoms with Crippen molar-refractivity contribution in [2.45, 2.75) is 117 Å². The maximum atomic E-state index is 11.1. The predicted molar refractivity (Wildman–Crippen MR) is 144 cm³/mol. The topological polar surface area (TPSA) is 38.7 Å². The first-order valence-corrected chi connectivity index (χ1v) is 13.1. The van der Waals surface area contributed by atoms with Crippen LogP contribution >= 0.6 is 0 Å². The van der Waals surface area contributed by atoms with E-state index in [2.05, 4.69) is 106 Å². The molecule has 0 bridgehead atoms. The molecule has 2 aromatic rings. The van der Waals surface area contributed by atoms with Gasteiger partial charge in [-0.25, -0.2) is 0 Å². The lowest BCUT2D eigenvalue weighted by Gasteiger charge is -2.35. The van der Waals surface area contributed by atoms with E-state index >= 15 is 0 Å². The van der Waals surface area contributed by atoms with Gasteiger partial charge in [0.1, 0.15) is 0 Å². The van der Waals surface area contributed by atoms with Crippen LogP contribution in [0.25, 0.3) is 0 Å². The van der Waals surface area contributed by atoms with Crippen LogP contribution in [0.5, 0.6) is 0 Å². The highest BCUT2D eigenvalue weighted by atomic mass is 16.7. The van der Waals surface area contributed by atoms with Crippen LogP contribution in [0.4, 0.5) is 0 Å². The summed E-state index contributed by atoms with van der Waals surface area (Å²) < 4.78 is 12.7. The van der Waals surface area contributed by atoms with Crippen molar-refractivity contribution in [1.29, 1.82) is 0 Å². The second-order valence-corrected chi connectivity index (χ2v) is 11.2. The third-order valence-corrected chi connectivity index (χ3v) is 8.99. The van der Waals surface area contributed by atoms with Crippen molar-refractivity contribution < 1.29 is 14.4 Å². The number of hydrogen-bond acceptors (Lipinski definition) is 3. The van der Waals surface area contributed by atoms with Crippen molar-refractivity contribution >= 4 is 12.6 Å². The van der Waals surface area contributed by atoms with Crippen LogP contribution in [0.15, 0.2) is 36.4 Å². The summed E-state index contributed by atoms with van der Waals surface area (Å²) in [6, 6.07) is 13.5. The Balaban J connectivity index is 2.03. The summed E-state index contributed by atoms with van der Waals surface area (Å²) in [6.07, 6.45) is 3.44. The second kappa shape index (κ2) is 9.45. The van der Waals surface area contributed by atoms with Crippen LogP contribution in [-0.2, 0) is 20.3 Å². The molecular formula is C30H45BO3. The highest BCUT2D eigenvalue weighted by molar-refractivity contribution is 6.62. The number of aliphatic hydroxyl groups is 1. The van der Waals surface area contributed by atoms with Gasteiger partial charge in [-0.2, -0.15) is 0 Å². The molecule has 0 atom stereocenters.